The number of hydrogen-bond donors (Lipinski definition) is 1. The number of hydrogen-bond acceptors (Lipinski definition) is 1. The first kappa shape index (κ1) is 12.3. The summed E-state index contributed by atoms with van der Waals surface area (Å²) in [4.78, 5) is 0. The van der Waals surface area contributed by atoms with Gasteiger partial charge in [0.05, 0.1) is 0 Å². The molecule has 0 saturated heterocycles. The van der Waals surface area contributed by atoms with Crippen LogP contribution < -0.4 is 5.32 Å². The van der Waals surface area contributed by atoms with Crippen LogP contribution in [0.15, 0.2) is 42.5 Å². The van der Waals surface area contributed by atoms with Gasteiger partial charge in [-0.3, -0.25) is 0 Å². The van der Waals surface area contributed by atoms with E-state index in [-0.39, 0.29) is 17.6 Å². The van der Waals surface area contributed by atoms with Crippen LogP contribution >= 0.6 is 0 Å². The van der Waals surface area contributed by atoms with Gasteiger partial charge in [0, 0.05) is 19.0 Å². The number of benzene rings is 2. The van der Waals surface area contributed by atoms with Crippen molar-refractivity contribution in [2.24, 2.45) is 0 Å². The lowest BCUT2D eigenvalue weighted by Gasteiger charge is -2.26. The SMILES string of the molecule is Fc1ccc(F)c(CC2CNCc3ccccc32)c1. The second-order valence-electron chi connectivity index (χ2n) is 4.97. The summed E-state index contributed by atoms with van der Waals surface area (Å²) in [6, 6.07) is 11.8. The molecule has 0 radical (unpaired) electrons. The summed E-state index contributed by atoms with van der Waals surface area (Å²) < 4.78 is 26.9. The largest absolute Gasteiger partial charge is 0.312 e. The van der Waals surface area contributed by atoms with Crippen molar-refractivity contribution >= 4 is 0 Å². The molecule has 0 saturated carbocycles. The van der Waals surface area contributed by atoms with Gasteiger partial charge in [0.15, 0.2) is 0 Å². The Labute approximate surface area is 111 Å². The molecule has 19 heavy (non-hydrogen) atoms. The first-order chi connectivity index (χ1) is 9.24. The fourth-order valence-electron chi connectivity index (χ4n) is 2.73. The maximum atomic E-state index is 13.7. The van der Waals surface area contributed by atoms with Gasteiger partial charge in [-0.25, -0.2) is 8.78 Å². The highest BCUT2D eigenvalue weighted by atomic mass is 19.1. The lowest BCUT2D eigenvalue weighted by atomic mass is 9.86. The quantitative estimate of drug-likeness (QED) is 0.871. The van der Waals surface area contributed by atoms with Crippen LogP contribution in [0.2, 0.25) is 0 Å². The average molecular weight is 259 g/mol. The van der Waals surface area contributed by atoms with Crippen molar-refractivity contribution in [3.8, 4) is 0 Å². The molecular weight excluding hydrogens is 244 g/mol. The zero-order chi connectivity index (χ0) is 13.2. The lowest BCUT2D eigenvalue weighted by molar-refractivity contribution is 0.519. The molecule has 0 fully saturated rings. The molecule has 1 nitrogen and oxygen atoms in total. The van der Waals surface area contributed by atoms with Crippen LogP contribution in [0.1, 0.15) is 22.6 Å². The average Bonchev–Trinajstić information content (AvgIpc) is 2.43. The molecule has 0 amide bonds. The van der Waals surface area contributed by atoms with Crippen LogP contribution in [0, 0.1) is 11.6 Å². The summed E-state index contributed by atoms with van der Waals surface area (Å²) in [5.41, 5.74) is 2.93. The van der Waals surface area contributed by atoms with Gasteiger partial charge in [-0.15, -0.1) is 0 Å². The normalized spacial score (nSPS) is 18.1. The van der Waals surface area contributed by atoms with Gasteiger partial charge in [0.1, 0.15) is 11.6 Å². The number of rotatable bonds is 2. The van der Waals surface area contributed by atoms with Crippen molar-refractivity contribution in [2.45, 2.75) is 18.9 Å². The van der Waals surface area contributed by atoms with E-state index in [1.807, 2.05) is 12.1 Å². The van der Waals surface area contributed by atoms with E-state index in [1.54, 1.807) is 0 Å². The minimum Gasteiger partial charge on any atom is -0.312 e. The summed E-state index contributed by atoms with van der Waals surface area (Å²) in [6.45, 7) is 1.64. The van der Waals surface area contributed by atoms with Crippen LogP contribution in [0.3, 0.4) is 0 Å². The van der Waals surface area contributed by atoms with Gasteiger partial charge in [-0.05, 0) is 41.3 Å². The maximum Gasteiger partial charge on any atom is 0.126 e. The predicted octanol–water partition coefficient (Wildman–Crippen LogP) is 3.39. The van der Waals surface area contributed by atoms with Gasteiger partial charge >= 0.3 is 0 Å². The first-order valence-electron chi connectivity index (χ1n) is 6.46. The van der Waals surface area contributed by atoms with Gasteiger partial charge in [-0.1, -0.05) is 24.3 Å². The van der Waals surface area contributed by atoms with Crippen molar-refractivity contribution in [2.75, 3.05) is 6.54 Å². The Morgan fingerprint density at radius 1 is 1.11 bits per heavy atom. The van der Waals surface area contributed by atoms with E-state index < -0.39 is 0 Å². The second kappa shape index (κ2) is 5.10. The van der Waals surface area contributed by atoms with Gasteiger partial charge in [-0.2, -0.15) is 0 Å². The Hall–Kier alpha value is -1.74. The smallest absolute Gasteiger partial charge is 0.126 e. The molecule has 2 aromatic rings. The molecule has 3 heteroatoms. The summed E-state index contributed by atoms with van der Waals surface area (Å²) in [7, 11) is 0. The van der Waals surface area contributed by atoms with Crippen molar-refractivity contribution in [3.63, 3.8) is 0 Å². The van der Waals surface area contributed by atoms with E-state index in [4.69, 9.17) is 0 Å². The fraction of sp³-hybridized carbons (Fsp3) is 0.250. The van der Waals surface area contributed by atoms with Crippen LogP contribution in [0.5, 0.6) is 0 Å². The Kier molecular flexibility index (Phi) is 3.30. The van der Waals surface area contributed by atoms with Gasteiger partial charge < -0.3 is 5.32 Å². The highest BCUT2D eigenvalue weighted by Gasteiger charge is 2.21. The zero-order valence-electron chi connectivity index (χ0n) is 10.5. The highest BCUT2D eigenvalue weighted by Crippen LogP contribution is 2.28. The van der Waals surface area contributed by atoms with Gasteiger partial charge in [0.25, 0.3) is 0 Å². The standard InChI is InChI=1S/C16H15F2N/c17-14-5-6-16(18)12(8-14)7-13-10-19-9-11-3-1-2-4-15(11)13/h1-6,8,13,19H,7,9-10H2. The molecule has 2 aromatic carbocycles. The van der Waals surface area contributed by atoms with Crippen molar-refractivity contribution in [3.05, 3.63) is 70.8 Å². The van der Waals surface area contributed by atoms with Crippen LogP contribution in [-0.4, -0.2) is 6.54 Å². The molecule has 0 aromatic heterocycles. The number of halogens is 2. The molecule has 3 rings (SSSR count). The molecule has 1 unspecified atom stereocenters. The molecule has 1 heterocycles. The first-order valence-corrected chi connectivity index (χ1v) is 6.46. The zero-order valence-corrected chi connectivity index (χ0v) is 10.5. The van der Waals surface area contributed by atoms with Crippen molar-refractivity contribution in [1.29, 1.82) is 0 Å². The third-order valence-electron chi connectivity index (χ3n) is 3.68. The van der Waals surface area contributed by atoms with Crippen molar-refractivity contribution < 1.29 is 8.78 Å². The third-order valence-corrected chi connectivity index (χ3v) is 3.68. The summed E-state index contributed by atoms with van der Waals surface area (Å²) in [5.74, 6) is -0.515. The van der Waals surface area contributed by atoms with E-state index >= 15 is 0 Å². The monoisotopic (exact) mass is 259 g/mol. The molecule has 98 valence electrons. The fourth-order valence-corrected chi connectivity index (χ4v) is 2.73. The molecule has 0 spiro atoms. The second-order valence-corrected chi connectivity index (χ2v) is 4.97. The van der Waals surface area contributed by atoms with E-state index in [1.165, 1.54) is 23.3 Å². The highest BCUT2D eigenvalue weighted by molar-refractivity contribution is 5.34. The molecule has 0 bridgehead atoms. The molecule has 1 N–H and O–H groups in total. The maximum absolute atomic E-state index is 13.7. The summed E-state index contributed by atoms with van der Waals surface area (Å²) in [5, 5.41) is 3.33. The van der Waals surface area contributed by atoms with E-state index in [9.17, 15) is 8.78 Å². The summed E-state index contributed by atoms with van der Waals surface area (Å²) in [6.07, 6.45) is 0.521. The molecular formula is C16H15F2N. The van der Waals surface area contributed by atoms with Crippen molar-refractivity contribution in [1.82, 2.24) is 5.32 Å². The van der Waals surface area contributed by atoms with E-state index in [2.05, 4.69) is 17.4 Å². The number of nitrogens with one attached hydrogen (secondary N) is 1. The Morgan fingerprint density at radius 2 is 1.95 bits per heavy atom. The molecule has 0 aliphatic carbocycles. The van der Waals surface area contributed by atoms with Crippen LogP contribution in [-0.2, 0) is 13.0 Å². The number of fused-ring (bicyclic) bond motifs is 1. The van der Waals surface area contributed by atoms with Crippen LogP contribution in [0.4, 0.5) is 8.78 Å². The third kappa shape index (κ3) is 2.51. The minimum absolute atomic E-state index is 0.196. The Balaban J connectivity index is 1.90. The Bertz CT molecular complexity index is 595. The van der Waals surface area contributed by atoms with E-state index in [0.29, 0.717) is 12.0 Å². The van der Waals surface area contributed by atoms with Crippen LogP contribution in [0.25, 0.3) is 0 Å². The topological polar surface area (TPSA) is 12.0 Å². The minimum atomic E-state index is -0.381. The Morgan fingerprint density at radius 3 is 2.84 bits per heavy atom. The van der Waals surface area contributed by atoms with E-state index in [0.717, 1.165) is 19.2 Å². The summed E-state index contributed by atoms with van der Waals surface area (Å²) >= 11 is 0. The molecule has 1 aliphatic heterocycles. The predicted molar refractivity (Wildman–Crippen MR) is 71.0 cm³/mol. The lowest BCUT2D eigenvalue weighted by Crippen LogP contribution is -2.29. The molecule has 1 aliphatic rings. The molecule has 1 atom stereocenters. The van der Waals surface area contributed by atoms with Gasteiger partial charge in [0.2, 0.25) is 0 Å².